The molecule has 0 amide bonds. The maximum absolute atomic E-state index is 11.7. The van der Waals surface area contributed by atoms with Gasteiger partial charge in [-0.3, -0.25) is 0 Å². The molecule has 0 saturated heterocycles. The molecule has 1 N–H and O–H groups in total. The van der Waals surface area contributed by atoms with Crippen molar-refractivity contribution >= 4 is 15.8 Å². The van der Waals surface area contributed by atoms with Crippen LogP contribution in [0.5, 0.6) is 0 Å². The van der Waals surface area contributed by atoms with E-state index in [4.69, 9.17) is 5.11 Å². The lowest BCUT2D eigenvalue weighted by Gasteiger charge is -2.12. The molecule has 1 aliphatic carbocycles. The zero-order valence-corrected chi connectivity index (χ0v) is 11.0. The van der Waals surface area contributed by atoms with Gasteiger partial charge in [0.2, 0.25) is 0 Å². The van der Waals surface area contributed by atoms with E-state index in [1.807, 2.05) is 0 Å². The average Bonchev–Trinajstić information content (AvgIpc) is 2.80. The molecule has 2 rings (SSSR count). The van der Waals surface area contributed by atoms with Crippen LogP contribution in [-0.2, 0) is 9.84 Å². The summed E-state index contributed by atoms with van der Waals surface area (Å²) in [7, 11) is -3.51. The predicted molar refractivity (Wildman–Crippen MR) is 67.7 cm³/mol. The lowest BCUT2D eigenvalue weighted by Crippen LogP contribution is -2.09. The molecule has 0 aromatic heterocycles. The van der Waals surface area contributed by atoms with Crippen LogP contribution in [0.4, 0.5) is 0 Å². The largest absolute Gasteiger partial charge is 0.478 e. The van der Waals surface area contributed by atoms with Crippen LogP contribution < -0.4 is 0 Å². The van der Waals surface area contributed by atoms with Gasteiger partial charge in [-0.25, -0.2) is 13.2 Å². The van der Waals surface area contributed by atoms with Gasteiger partial charge in [0.15, 0.2) is 9.84 Å². The van der Waals surface area contributed by atoms with Gasteiger partial charge < -0.3 is 5.11 Å². The fourth-order valence-electron chi connectivity index (χ4n) is 2.54. The average molecular weight is 268 g/mol. The van der Waals surface area contributed by atoms with E-state index in [1.165, 1.54) is 12.1 Å². The van der Waals surface area contributed by atoms with Gasteiger partial charge in [-0.1, -0.05) is 18.9 Å². The minimum atomic E-state index is -3.51. The Kier molecular flexibility index (Phi) is 3.43. The third-order valence-corrected chi connectivity index (χ3v) is 4.60. The van der Waals surface area contributed by atoms with E-state index in [1.54, 1.807) is 6.07 Å². The Morgan fingerprint density at radius 3 is 2.39 bits per heavy atom. The number of benzene rings is 1. The van der Waals surface area contributed by atoms with Crippen LogP contribution in [-0.4, -0.2) is 25.7 Å². The molecule has 0 spiro atoms. The highest BCUT2D eigenvalue weighted by atomic mass is 32.2. The van der Waals surface area contributed by atoms with Crippen molar-refractivity contribution in [3.8, 4) is 0 Å². The summed E-state index contributed by atoms with van der Waals surface area (Å²) in [6, 6.07) is 4.69. The van der Waals surface area contributed by atoms with Gasteiger partial charge in [-0.2, -0.15) is 0 Å². The van der Waals surface area contributed by atoms with Crippen molar-refractivity contribution < 1.29 is 18.3 Å². The van der Waals surface area contributed by atoms with E-state index < -0.39 is 15.8 Å². The van der Waals surface area contributed by atoms with Gasteiger partial charge in [-0.05, 0) is 36.5 Å². The Hall–Kier alpha value is -1.36. The van der Waals surface area contributed by atoms with Crippen LogP contribution in [0.3, 0.4) is 0 Å². The molecule has 5 heteroatoms. The summed E-state index contributed by atoms with van der Waals surface area (Å²) in [6.07, 6.45) is 5.46. The Labute approximate surface area is 107 Å². The smallest absolute Gasteiger partial charge is 0.337 e. The summed E-state index contributed by atoms with van der Waals surface area (Å²) in [5.41, 5.74) is 0.803. The first-order chi connectivity index (χ1) is 8.39. The zero-order valence-electron chi connectivity index (χ0n) is 10.2. The molecule has 4 nitrogen and oxygen atoms in total. The quantitative estimate of drug-likeness (QED) is 0.914. The first-order valence-corrected chi connectivity index (χ1v) is 7.86. The normalized spacial score (nSPS) is 16.9. The van der Waals surface area contributed by atoms with Gasteiger partial charge in [0.25, 0.3) is 0 Å². The second-order valence-corrected chi connectivity index (χ2v) is 6.80. The maximum Gasteiger partial charge on any atom is 0.337 e. The first kappa shape index (κ1) is 13.1. The number of carbonyl (C=O) groups is 1. The molecule has 0 atom stereocenters. The van der Waals surface area contributed by atoms with Gasteiger partial charge in [0, 0.05) is 6.26 Å². The van der Waals surface area contributed by atoms with Crippen molar-refractivity contribution in [2.45, 2.75) is 36.5 Å². The van der Waals surface area contributed by atoms with Gasteiger partial charge in [0.05, 0.1) is 10.5 Å². The van der Waals surface area contributed by atoms with Gasteiger partial charge in [-0.15, -0.1) is 0 Å². The van der Waals surface area contributed by atoms with E-state index in [9.17, 15) is 13.2 Å². The molecule has 18 heavy (non-hydrogen) atoms. The van der Waals surface area contributed by atoms with Crippen molar-refractivity contribution in [3.63, 3.8) is 0 Å². The summed E-state index contributed by atoms with van der Waals surface area (Å²) in [4.78, 5) is 11.0. The molecule has 0 aliphatic heterocycles. The molecule has 0 unspecified atom stereocenters. The highest BCUT2D eigenvalue weighted by Crippen LogP contribution is 2.35. The van der Waals surface area contributed by atoms with Crippen LogP contribution in [0.1, 0.15) is 47.5 Å². The minimum absolute atomic E-state index is 0.0700. The highest BCUT2D eigenvalue weighted by Gasteiger charge is 2.23. The Morgan fingerprint density at radius 1 is 1.28 bits per heavy atom. The van der Waals surface area contributed by atoms with Crippen LogP contribution in [0.2, 0.25) is 0 Å². The van der Waals surface area contributed by atoms with Crippen LogP contribution in [0.25, 0.3) is 0 Å². The minimum Gasteiger partial charge on any atom is -0.478 e. The van der Waals surface area contributed by atoms with Gasteiger partial charge >= 0.3 is 5.97 Å². The maximum atomic E-state index is 11.7. The number of carboxylic acid groups (broad SMARTS) is 1. The lowest BCUT2D eigenvalue weighted by atomic mass is 9.97. The lowest BCUT2D eigenvalue weighted by molar-refractivity contribution is 0.0692. The van der Waals surface area contributed by atoms with E-state index in [2.05, 4.69) is 0 Å². The van der Waals surface area contributed by atoms with Crippen molar-refractivity contribution in [1.29, 1.82) is 0 Å². The number of hydrogen-bond donors (Lipinski definition) is 1. The molecular formula is C13H16O4S. The standard InChI is InChI=1S/C13H16O4S/c1-18(16,17)12-8-10(9-4-2-3-5-9)6-7-11(12)13(14)15/h6-9H,2-5H2,1H3,(H,14,15). The molecular weight excluding hydrogens is 252 g/mol. The van der Waals surface area contributed by atoms with Crippen LogP contribution in [0, 0.1) is 0 Å². The molecule has 1 aliphatic rings. The molecule has 0 heterocycles. The summed E-state index contributed by atoms with van der Waals surface area (Å²) in [6.45, 7) is 0. The van der Waals surface area contributed by atoms with E-state index >= 15 is 0 Å². The number of aromatic carboxylic acids is 1. The van der Waals surface area contributed by atoms with Crippen molar-refractivity contribution in [1.82, 2.24) is 0 Å². The summed E-state index contributed by atoms with van der Waals surface area (Å²) >= 11 is 0. The molecule has 1 aromatic rings. The summed E-state index contributed by atoms with van der Waals surface area (Å²) in [5, 5.41) is 9.02. The van der Waals surface area contributed by atoms with Crippen molar-refractivity contribution in [3.05, 3.63) is 29.3 Å². The van der Waals surface area contributed by atoms with Crippen LogP contribution in [0.15, 0.2) is 23.1 Å². The molecule has 98 valence electrons. The third kappa shape index (κ3) is 2.56. The number of sulfone groups is 1. The molecule has 1 saturated carbocycles. The SMILES string of the molecule is CS(=O)(=O)c1cc(C2CCCC2)ccc1C(=O)O. The third-order valence-electron chi connectivity index (χ3n) is 3.46. The second kappa shape index (κ2) is 4.72. The van der Waals surface area contributed by atoms with Crippen molar-refractivity contribution in [2.24, 2.45) is 0 Å². The van der Waals surface area contributed by atoms with Crippen molar-refractivity contribution in [2.75, 3.05) is 6.26 Å². The van der Waals surface area contributed by atoms with Crippen LogP contribution >= 0.6 is 0 Å². The first-order valence-electron chi connectivity index (χ1n) is 5.97. The molecule has 1 aromatic carbocycles. The zero-order chi connectivity index (χ0) is 13.3. The number of rotatable bonds is 3. The fraction of sp³-hybridized carbons (Fsp3) is 0.462. The Morgan fingerprint density at radius 2 is 1.89 bits per heavy atom. The second-order valence-electron chi connectivity index (χ2n) is 4.81. The number of hydrogen-bond acceptors (Lipinski definition) is 3. The predicted octanol–water partition coefficient (Wildman–Crippen LogP) is 2.45. The summed E-state index contributed by atoms with van der Waals surface area (Å²) < 4.78 is 23.3. The molecule has 1 fully saturated rings. The van der Waals surface area contributed by atoms with E-state index in [0.717, 1.165) is 37.5 Å². The van der Waals surface area contributed by atoms with Gasteiger partial charge in [0.1, 0.15) is 0 Å². The van der Waals surface area contributed by atoms with E-state index in [-0.39, 0.29) is 10.5 Å². The summed E-state index contributed by atoms with van der Waals surface area (Å²) in [5.74, 6) is -0.832. The van der Waals surface area contributed by atoms with E-state index in [0.29, 0.717) is 5.92 Å². The Bertz CT molecular complexity index is 569. The Balaban J connectivity index is 2.52. The topological polar surface area (TPSA) is 71.4 Å². The molecule has 0 bridgehead atoms. The number of carboxylic acids is 1. The fourth-order valence-corrected chi connectivity index (χ4v) is 3.44. The molecule has 0 radical (unpaired) electrons. The monoisotopic (exact) mass is 268 g/mol. The highest BCUT2D eigenvalue weighted by molar-refractivity contribution is 7.90.